The van der Waals surface area contributed by atoms with Gasteiger partial charge >= 0.3 is 5.97 Å². The van der Waals surface area contributed by atoms with Gasteiger partial charge in [0.15, 0.2) is 17.6 Å². The molecule has 0 aliphatic heterocycles. The molecule has 4 aromatic rings. The number of aromatic nitrogens is 5. The van der Waals surface area contributed by atoms with E-state index in [0.717, 1.165) is 22.0 Å². The molecule has 0 aliphatic rings. The van der Waals surface area contributed by atoms with Gasteiger partial charge in [0.05, 0.1) is 17.7 Å². The van der Waals surface area contributed by atoms with E-state index in [9.17, 15) is 4.79 Å². The fourth-order valence-corrected chi connectivity index (χ4v) is 4.26. The predicted octanol–water partition coefficient (Wildman–Crippen LogP) is 3.92. The Morgan fingerprint density at radius 2 is 2.06 bits per heavy atom. The standard InChI is InChI=1S/C20H19N5O4S2/c1-3-25-19(15-5-4-10-30-15)22-23-20(25)31-12-17(26)28-11-16-21-18(24-29-16)13-6-8-14(27-2)9-7-13/h4-10H,3,11-12H2,1-2H3. The monoisotopic (exact) mass is 457 g/mol. The van der Waals surface area contributed by atoms with Crippen LogP contribution >= 0.6 is 23.1 Å². The highest BCUT2D eigenvalue weighted by atomic mass is 32.2. The normalized spacial score (nSPS) is 10.9. The Kier molecular flexibility index (Phi) is 6.63. The lowest BCUT2D eigenvalue weighted by Crippen LogP contribution is -2.09. The maximum Gasteiger partial charge on any atom is 0.316 e. The molecule has 0 fully saturated rings. The molecule has 3 heterocycles. The van der Waals surface area contributed by atoms with Crippen LogP contribution in [0.3, 0.4) is 0 Å². The van der Waals surface area contributed by atoms with Crippen LogP contribution in [0, 0.1) is 0 Å². The number of hydrogen-bond donors (Lipinski definition) is 0. The van der Waals surface area contributed by atoms with E-state index in [1.165, 1.54) is 11.8 Å². The lowest BCUT2D eigenvalue weighted by molar-refractivity contribution is -0.142. The molecule has 9 nitrogen and oxygen atoms in total. The lowest BCUT2D eigenvalue weighted by atomic mass is 10.2. The lowest BCUT2D eigenvalue weighted by Gasteiger charge is -2.06. The second kappa shape index (κ2) is 9.75. The minimum atomic E-state index is -0.405. The molecule has 0 atom stereocenters. The number of methoxy groups -OCH3 is 1. The van der Waals surface area contributed by atoms with Crippen LogP contribution in [0.4, 0.5) is 0 Å². The molecule has 0 amide bonds. The van der Waals surface area contributed by atoms with Crippen molar-refractivity contribution in [3.63, 3.8) is 0 Å². The van der Waals surface area contributed by atoms with E-state index in [4.69, 9.17) is 14.0 Å². The molecule has 31 heavy (non-hydrogen) atoms. The zero-order valence-electron chi connectivity index (χ0n) is 16.8. The summed E-state index contributed by atoms with van der Waals surface area (Å²) in [7, 11) is 1.60. The zero-order chi connectivity index (χ0) is 21.6. The van der Waals surface area contributed by atoms with E-state index in [-0.39, 0.29) is 18.3 Å². The van der Waals surface area contributed by atoms with Gasteiger partial charge in [-0.3, -0.25) is 4.79 Å². The fourth-order valence-electron chi connectivity index (χ4n) is 2.75. The van der Waals surface area contributed by atoms with Crippen LogP contribution in [0.1, 0.15) is 12.8 Å². The van der Waals surface area contributed by atoms with Crippen LogP contribution in [0.25, 0.3) is 22.1 Å². The van der Waals surface area contributed by atoms with Crippen LogP contribution in [-0.2, 0) is 22.7 Å². The van der Waals surface area contributed by atoms with Crippen LogP contribution in [0.5, 0.6) is 5.75 Å². The molecule has 0 radical (unpaired) electrons. The van der Waals surface area contributed by atoms with Crippen molar-refractivity contribution in [1.82, 2.24) is 24.9 Å². The smallest absolute Gasteiger partial charge is 0.316 e. The van der Waals surface area contributed by atoms with Crippen molar-refractivity contribution in [3.05, 3.63) is 47.7 Å². The summed E-state index contributed by atoms with van der Waals surface area (Å²) < 4.78 is 17.5. The first kappa shape index (κ1) is 21.1. The molecule has 1 aromatic carbocycles. The highest BCUT2D eigenvalue weighted by Crippen LogP contribution is 2.27. The quantitative estimate of drug-likeness (QED) is 0.273. The summed E-state index contributed by atoms with van der Waals surface area (Å²) in [6.45, 7) is 2.62. The van der Waals surface area contributed by atoms with Crippen molar-refractivity contribution < 1.29 is 18.8 Å². The molecule has 11 heteroatoms. The number of hydrogen-bond acceptors (Lipinski definition) is 10. The molecular formula is C20H19N5O4S2. The Morgan fingerprint density at radius 1 is 1.23 bits per heavy atom. The van der Waals surface area contributed by atoms with E-state index in [1.807, 2.05) is 53.3 Å². The zero-order valence-corrected chi connectivity index (χ0v) is 18.5. The number of nitrogens with zero attached hydrogens (tertiary/aromatic N) is 5. The Labute approximate surface area is 186 Å². The Hall–Kier alpha value is -3.18. The topological polar surface area (TPSA) is 105 Å². The second-order valence-electron chi connectivity index (χ2n) is 6.22. The van der Waals surface area contributed by atoms with Gasteiger partial charge in [-0.15, -0.1) is 21.5 Å². The van der Waals surface area contributed by atoms with Crippen molar-refractivity contribution in [2.75, 3.05) is 12.9 Å². The molecule has 3 aromatic heterocycles. The summed E-state index contributed by atoms with van der Waals surface area (Å²) in [5, 5.41) is 15.0. The number of carbonyl (C=O) groups is 1. The Morgan fingerprint density at radius 3 is 2.77 bits per heavy atom. The van der Waals surface area contributed by atoms with Gasteiger partial charge in [-0.1, -0.05) is 23.0 Å². The average Bonchev–Trinajstić information content (AvgIpc) is 3.56. The van der Waals surface area contributed by atoms with Gasteiger partial charge in [-0.2, -0.15) is 4.98 Å². The van der Waals surface area contributed by atoms with Gasteiger partial charge in [0.2, 0.25) is 5.82 Å². The molecule has 0 N–H and O–H groups in total. The molecule has 160 valence electrons. The van der Waals surface area contributed by atoms with Crippen LogP contribution in [0.15, 0.2) is 51.5 Å². The van der Waals surface area contributed by atoms with Gasteiger partial charge < -0.3 is 18.6 Å². The van der Waals surface area contributed by atoms with Crippen molar-refractivity contribution in [3.8, 4) is 27.8 Å². The summed E-state index contributed by atoms with van der Waals surface area (Å²) >= 11 is 2.88. The van der Waals surface area contributed by atoms with Crippen molar-refractivity contribution in [2.45, 2.75) is 25.2 Å². The van der Waals surface area contributed by atoms with Crippen LogP contribution in [0.2, 0.25) is 0 Å². The minimum absolute atomic E-state index is 0.0938. The first-order valence-corrected chi connectivity index (χ1v) is 11.3. The highest BCUT2D eigenvalue weighted by Gasteiger charge is 2.16. The maximum absolute atomic E-state index is 12.2. The van der Waals surface area contributed by atoms with E-state index in [2.05, 4.69) is 20.3 Å². The third kappa shape index (κ3) is 4.94. The molecule has 0 saturated carbocycles. The maximum atomic E-state index is 12.2. The van der Waals surface area contributed by atoms with Gasteiger partial charge in [0.1, 0.15) is 5.75 Å². The molecular weight excluding hydrogens is 438 g/mol. The highest BCUT2D eigenvalue weighted by molar-refractivity contribution is 7.99. The van der Waals surface area contributed by atoms with E-state index in [1.54, 1.807) is 18.4 Å². The van der Waals surface area contributed by atoms with E-state index in [0.29, 0.717) is 17.5 Å². The van der Waals surface area contributed by atoms with Crippen molar-refractivity contribution in [1.29, 1.82) is 0 Å². The Balaban J connectivity index is 1.31. The van der Waals surface area contributed by atoms with E-state index >= 15 is 0 Å². The first-order valence-electron chi connectivity index (χ1n) is 9.40. The second-order valence-corrected chi connectivity index (χ2v) is 8.11. The predicted molar refractivity (Wildman–Crippen MR) is 116 cm³/mol. The molecule has 0 unspecified atom stereocenters. The first-order chi connectivity index (χ1) is 15.2. The summed E-state index contributed by atoms with van der Waals surface area (Å²) in [6, 6.07) is 11.2. The summed E-state index contributed by atoms with van der Waals surface area (Å²) in [5.41, 5.74) is 0.776. The number of carbonyl (C=O) groups excluding carboxylic acids is 1. The Bertz CT molecular complexity index is 1140. The molecule has 0 spiro atoms. The van der Waals surface area contributed by atoms with Crippen LogP contribution < -0.4 is 4.74 Å². The summed E-state index contributed by atoms with van der Waals surface area (Å²) in [5.74, 6) is 1.87. The molecule has 0 saturated heterocycles. The van der Waals surface area contributed by atoms with Gasteiger partial charge in [-0.05, 0) is 42.6 Å². The van der Waals surface area contributed by atoms with Gasteiger partial charge in [-0.25, -0.2) is 0 Å². The van der Waals surface area contributed by atoms with Crippen molar-refractivity contribution in [2.24, 2.45) is 0 Å². The number of thiophene rings is 1. The van der Waals surface area contributed by atoms with Gasteiger partial charge in [0.25, 0.3) is 5.89 Å². The van der Waals surface area contributed by atoms with Crippen molar-refractivity contribution >= 4 is 29.1 Å². The number of rotatable bonds is 9. The van der Waals surface area contributed by atoms with Crippen LogP contribution in [-0.4, -0.2) is 43.7 Å². The third-order valence-electron chi connectivity index (χ3n) is 4.27. The number of thioether (sulfide) groups is 1. The van der Waals surface area contributed by atoms with Gasteiger partial charge in [0, 0.05) is 12.1 Å². The summed E-state index contributed by atoms with van der Waals surface area (Å²) in [6.07, 6.45) is 0. The SMILES string of the molecule is CCn1c(SCC(=O)OCc2nc(-c3ccc(OC)cc3)no2)nnc1-c1cccs1. The molecule has 0 bridgehead atoms. The average molecular weight is 458 g/mol. The fraction of sp³-hybridized carbons (Fsp3) is 0.250. The number of esters is 1. The molecule has 0 aliphatic carbocycles. The number of ether oxygens (including phenoxy) is 2. The minimum Gasteiger partial charge on any atom is -0.497 e. The number of benzene rings is 1. The third-order valence-corrected chi connectivity index (χ3v) is 6.07. The molecule has 4 rings (SSSR count). The largest absolute Gasteiger partial charge is 0.497 e. The van der Waals surface area contributed by atoms with E-state index < -0.39 is 5.97 Å². The summed E-state index contributed by atoms with van der Waals surface area (Å²) in [4.78, 5) is 17.5.